The molecule has 0 fully saturated rings. The van der Waals surface area contributed by atoms with Crippen LogP contribution in [0.15, 0.2) is 12.1 Å². The number of rotatable bonds is 1. The molecule has 0 saturated carbocycles. The highest BCUT2D eigenvalue weighted by Gasteiger charge is 2.17. The second-order valence-electron chi connectivity index (χ2n) is 2.75. The van der Waals surface area contributed by atoms with Crippen molar-refractivity contribution >= 4 is 0 Å². The van der Waals surface area contributed by atoms with E-state index in [1.54, 1.807) is 6.07 Å². The molecule has 1 aliphatic heterocycles. The van der Waals surface area contributed by atoms with Crippen LogP contribution in [0.25, 0.3) is 0 Å². The average Bonchev–Trinajstić information content (AvgIpc) is 2.53. The second-order valence-corrected chi connectivity index (χ2v) is 2.75. The van der Waals surface area contributed by atoms with Crippen LogP contribution in [0.1, 0.15) is 11.1 Å². The Bertz CT molecular complexity index is 307. The second kappa shape index (κ2) is 2.68. The minimum absolute atomic E-state index is 0.215. The summed E-state index contributed by atoms with van der Waals surface area (Å²) < 4.78 is 10.1. The van der Waals surface area contributed by atoms with Gasteiger partial charge < -0.3 is 14.6 Å². The van der Waals surface area contributed by atoms with Crippen LogP contribution in [-0.4, -0.2) is 12.2 Å². The van der Waals surface area contributed by atoms with E-state index in [0.717, 1.165) is 11.1 Å². The summed E-state index contributed by atoms with van der Waals surface area (Å²) in [5, 5.41) is 9.60. The predicted molar refractivity (Wildman–Crippen MR) is 43.2 cm³/mol. The largest absolute Gasteiger partial charge is 0.504 e. The molecule has 12 heavy (non-hydrogen) atoms. The third-order valence-electron chi connectivity index (χ3n) is 2.07. The lowest BCUT2D eigenvalue weighted by Gasteiger charge is -2.05. The molecular weight excluding hydrogens is 156 g/mol. The Kier molecular flexibility index (Phi) is 1.66. The first-order valence-corrected chi connectivity index (χ1v) is 3.78. The van der Waals surface area contributed by atoms with Gasteiger partial charge in [-0.2, -0.15) is 0 Å². The van der Waals surface area contributed by atoms with Crippen molar-refractivity contribution < 1.29 is 14.6 Å². The molecule has 0 unspecified atom stereocenters. The van der Waals surface area contributed by atoms with Crippen LogP contribution in [-0.2, 0) is 18.0 Å². The van der Waals surface area contributed by atoms with E-state index < -0.39 is 0 Å². The molecule has 0 aliphatic carbocycles. The molecule has 0 amide bonds. The van der Waals surface area contributed by atoms with Crippen LogP contribution >= 0.6 is 0 Å². The fourth-order valence-corrected chi connectivity index (χ4v) is 1.38. The summed E-state index contributed by atoms with van der Waals surface area (Å²) in [4.78, 5) is 0. The quantitative estimate of drug-likeness (QED) is 0.685. The van der Waals surface area contributed by atoms with Gasteiger partial charge in [-0.15, -0.1) is 0 Å². The summed E-state index contributed by atoms with van der Waals surface area (Å²) in [6, 6.07) is 3.67. The average molecular weight is 166 g/mol. The fraction of sp³-hybridized carbons (Fsp3) is 0.333. The van der Waals surface area contributed by atoms with Gasteiger partial charge in [-0.05, 0) is 11.6 Å². The molecule has 1 N–H and O–H groups in total. The molecule has 0 atom stereocenters. The number of aromatic hydroxyl groups is 1. The molecule has 0 spiro atoms. The molecular formula is C9H10O3. The van der Waals surface area contributed by atoms with E-state index in [1.807, 2.05) is 6.07 Å². The van der Waals surface area contributed by atoms with Gasteiger partial charge in [-0.3, -0.25) is 0 Å². The summed E-state index contributed by atoms with van der Waals surface area (Å²) in [7, 11) is 1.54. The Hall–Kier alpha value is -1.22. The molecule has 2 rings (SSSR count). The smallest absolute Gasteiger partial charge is 0.163 e. The molecule has 1 aromatic rings. The summed E-state index contributed by atoms with van der Waals surface area (Å²) in [6.45, 7) is 1.07. The third-order valence-corrected chi connectivity index (χ3v) is 2.07. The lowest BCUT2D eigenvalue weighted by molar-refractivity contribution is 0.133. The maximum atomic E-state index is 9.60. The molecule has 0 aromatic heterocycles. The summed E-state index contributed by atoms with van der Waals surface area (Å²) >= 11 is 0. The van der Waals surface area contributed by atoms with Crippen LogP contribution in [0.2, 0.25) is 0 Å². The molecule has 1 aromatic carbocycles. The SMILES string of the molecule is COc1ccc2c(c1O)COC2. The minimum Gasteiger partial charge on any atom is -0.504 e. The molecule has 1 heterocycles. The van der Waals surface area contributed by atoms with Gasteiger partial charge in [0.2, 0.25) is 0 Å². The Morgan fingerprint density at radius 2 is 2.25 bits per heavy atom. The van der Waals surface area contributed by atoms with Crippen molar-refractivity contribution in [2.45, 2.75) is 13.2 Å². The minimum atomic E-state index is 0.215. The van der Waals surface area contributed by atoms with Crippen molar-refractivity contribution in [3.8, 4) is 11.5 Å². The van der Waals surface area contributed by atoms with E-state index in [0.29, 0.717) is 19.0 Å². The number of phenolic OH excluding ortho intramolecular Hbond substituents is 1. The summed E-state index contributed by atoms with van der Waals surface area (Å²) in [5.41, 5.74) is 1.91. The van der Waals surface area contributed by atoms with E-state index in [-0.39, 0.29) is 5.75 Å². The zero-order chi connectivity index (χ0) is 8.55. The maximum Gasteiger partial charge on any atom is 0.163 e. The maximum absolute atomic E-state index is 9.60. The van der Waals surface area contributed by atoms with E-state index in [4.69, 9.17) is 9.47 Å². The van der Waals surface area contributed by atoms with Crippen LogP contribution in [0.4, 0.5) is 0 Å². The number of hydrogen-bond acceptors (Lipinski definition) is 3. The number of methoxy groups -OCH3 is 1. The van der Waals surface area contributed by atoms with Crippen molar-refractivity contribution in [3.05, 3.63) is 23.3 Å². The molecule has 1 aliphatic rings. The first-order chi connectivity index (χ1) is 5.83. The first-order valence-electron chi connectivity index (χ1n) is 3.78. The Morgan fingerprint density at radius 1 is 1.42 bits per heavy atom. The molecule has 0 saturated heterocycles. The number of phenols is 1. The summed E-state index contributed by atoms with van der Waals surface area (Å²) in [5.74, 6) is 0.728. The number of benzene rings is 1. The Balaban J connectivity index is 2.54. The zero-order valence-corrected chi connectivity index (χ0v) is 6.83. The van der Waals surface area contributed by atoms with Gasteiger partial charge in [0.25, 0.3) is 0 Å². The number of ether oxygens (including phenoxy) is 2. The van der Waals surface area contributed by atoms with Crippen molar-refractivity contribution in [2.24, 2.45) is 0 Å². The van der Waals surface area contributed by atoms with Crippen molar-refractivity contribution in [3.63, 3.8) is 0 Å². The van der Waals surface area contributed by atoms with Crippen LogP contribution in [0.3, 0.4) is 0 Å². The van der Waals surface area contributed by atoms with E-state index in [9.17, 15) is 5.11 Å². The Labute approximate surface area is 70.5 Å². The number of fused-ring (bicyclic) bond motifs is 1. The van der Waals surface area contributed by atoms with Crippen LogP contribution in [0.5, 0.6) is 11.5 Å². The molecule has 3 nitrogen and oxygen atoms in total. The van der Waals surface area contributed by atoms with Crippen LogP contribution < -0.4 is 4.74 Å². The lowest BCUT2D eigenvalue weighted by atomic mass is 10.1. The van der Waals surface area contributed by atoms with Gasteiger partial charge in [0, 0.05) is 5.56 Å². The van der Waals surface area contributed by atoms with Gasteiger partial charge in [-0.1, -0.05) is 6.07 Å². The highest BCUT2D eigenvalue weighted by atomic mass is 16.5. The molecule has 3 heteroatoms. The molecule has 0 bridgehead atoms. The predicted octanol–water partition coefficient (Wildman–Crippen LogP) is 1.43. The molecule has 64 valence electrons. The van der Waals surface area contributed by atoms with Gasteiger partial charge in [0.15, 0.2) is 11.5 Å². The highest BCUT2D eigenvalue weighted by molar-refractivity contribution is 5.50. The van der Waals surface area contributed by atoms with Crippen LogP contribution in [0, 0.1) is 0 Å². The van der Waals surface area contributed by atoms with Crippen molar-refractivity contribution in [2.75, 3.05) is 7.11 Å². The van der Waals surface area contributed by atoms with E-state index in [1.165, 1.54) is 7.11 Å². The van der Waals surface area contributed by atoms with Gasteiger partial charge in [0.05, 0.1) is 20.3 Å². The third kappa shape index (κ3) is 0.940. The monoisotopic (exact) mass is 166 g/mol. The fourth-order valence-electron chi connectivity index (χ4n) is 1.38. The Morgan fingerprint density at radius 3 is 3.00 bits per heavy atom. The number of hydrogen-bond donors (Lipinski definition) is 1. The lowest BCUT2D eigenvalue weighted by Crippen LogP contribution is -1.88. The highest BCUT2D eigenvalue weighted by Crippen LogP contribution is 2.35. The first kappa shape index (κ1) is 7.43. The van der Waals surface area contributed by atoms with Gasteiger partial charge in [-0.25, -0.2) is 0 Å². The zero-order valence-electron chi connectivity index (χ0n) is 6.83. The van der Waals surface area contributed by atoms with Crippen molar-refractivity contribution in [1.82, 2.24) is 0 Å². The van der Waals surface area contributed by atoms with E-state index in [2.05, 4.69) is 0 Å². The topological polar surface area (TPSA) is 38.7 Å². The molecule has 0 radical (unpaired) electrons. The standard InChI is InChI=1S/C9H10O3/c1-11-8-3-2-6-4-12-5-7(6)9(8)10/h2-3,10H,4-5H2,1H3. The summed E-state index contributed by atoms with van der Waals surface area (Å²) in [6.07, 6.45) is 0. The van der Waals surface area contributed by atoms with Crippen molar-refractivity contribution in [1.29, 1.82) is 0 Å². The van der Waals surface area contributed by atoms with E-state index >= 15 is 0 Å². The normalized spacial score (nSPS) is 14.4. The van der Waals surface area contributed by atoms with Gasteiger partial charge in [0.1, 0.15) is 0 Å². The van der Waals surface area contributed by atoms with Gasteiger partial charge >= 0.3 is 0 Å².